The molecule has 0 saturated heterocycles. The molecule has 5 rings (SSSR count). The standard InChI is InChI=1S/C25H23N3O5S/c1-4-21-24(29)26-20-7-5-6-18(23(20)33-21)19-14-27(3)25(30)22-17(19)12-13-28(22)34(31,32)16-10-8-15(2)9-11-16/h5-14,21H,4H2,1-3H3,(H,26,29). The fourth-order valence-corrected chi connectivity index (χ4v) is 5.57. The van der Waals surface area contributed by atoms with Crippen molar-refractivity contribution in [3.63, 3.8) is 0 Å². The quantitative estimate of drug-likeness (QED) is 0.484. The van der Waals surface area contributed by atoms with Gasteiger partial charge in [-0.3, -0.25) is 9.59 Å². The second kappa shape index (κ2) is 7.88. The highest BCUT2D eigenvalue weighted by atomic mass is 32.2. The molecule has 2 aromatic carbocycles. The molecular weight excluding hydrogens is 454 g/mol. The van der Waals surface area contributed by atoms with Crippen molar-refractivity contribution in [1.82, 2.24) is 8.54 Å². The summed E-state index contributed by atoms with van der Waals surface area (Å²) in [4.78, 5) is 25.5. The first-order valence-corrected chi connectivity index (χ1v) is 12.3. The summed E-state index contributed by atoms with van der Waals surface area (Å²) in [6, 6.07) is 13.5. The van der Waals surface area contributed by atoms with Crippen LogP contribution in [0, 0.1) is 6.92 Å². The van der Waals surface area contributed by atoms with E-state index in [1.54, 1.807) is 43.6 Å². The number of pyridine rings is 1. The zero-order valence-corrected chi connectivity index (χ0v) is 19.7. The number of rotatable bonds is 4. The first kappa shape index (κ1) is 22.0. The molecule has 4 aromatic rings. The minimum Gasteiger partial charge on any atom is -0.478 e. The van der Waals surface area contributed by atoms with E-state index >= 15 is 0 Å². The Kier molecular flexibility index (Phi) is 5.09. The van der Waals surface area contributed by atoms with Crippen LogP contribution in [0.2, 0.25) is 0 Å². The number of anilines is 1. The van der Waals surface area contributed by atoms with Gasteiger partial charge in [-0.05, 0) is 37.6 Å². The number of benzene rings is 2. The zero-order chi connectivity index (χ0) is 24.2. The van der Waals surface area contributed by atoms with Crippen molar-refractivity contribution >= 4 is 32.5 Å². The fourth-order valence-electron chi connectivity index (χ4n) is 4.22. The van der Waals surface area contributed by atoms with Crippen molar-refractivity contribution in [2.75, 3.05) is 5.32 Å². The summed E-state index contributed by atoms with van der Waals surface area (Å²) in [5.41, 5.74) is 2.34. The topological polar surface area (TPSA) is 99.4 Å². The minimum atomic E-state index is -4.00. The number of aryl methyl sites for hydroxylation is 2. The molecule has 1 aliphatic rings. The molecule has 0 bridgehead atoms. The average Bonchev–Trinajstić information content (AvgIpc) is 3.27. The van der Waals surface area contributed by atoms with Gasteiger partial charge in [0.25, 0.3) is 21.5 Å². The molecule has 0 fully saturated rings. The Morgan fingerprint density at radius 2 is 1.76 bits per heavy atom. The minimum absolute atomic E-state index is 0.0464. The number of aromatic nitrogens is 2. The van der Waals surface area contributed by atoms with Gasteiger partial charge in [0.15, 0.2) is 11.9 Å². The Hall–Kier alpha value is -3.85. The number of hydrogen-bond acceptors (Lipinski definition) is 5. The lowest BCUT2D eigenvalue weighted by Gasteiger charge is -2.27. The molecule has 9 heteroatoms. The number of carbonyl (C=O) groups is 1. The predicted octanol–water partition coefficient (Wildman–Crippen LogP) is 3.66. The van der Waals surface area contributed by atoms with Crippen molar-refractivity contribution in [1.29, 1.82) is 0 Å². The van der Waals surface area contributed by atoms with Gasteiger partial charge in [-0.25, -0.2) is 12.4 Å². The van der Waals surface area contributed by atoms with Crippen LogP contribution in [-0.2, 0) is 21.9 Å². The third-order valence-electron chi connectivity index (χ3n) is 6.05. The molecule has 0 radical (unpaired) electrons. The van der Waals surface area contributed by atoms with Crippen LogP contribution in [0.1, 0.15) is 18.9 Å². The van der Waals surface area contributed by atoms with Gasteiger partial charge < -0.3 is 14.6 Å². The summed E-state index contributed by atoms with van der Waals surface area (Å²) in [7, 11) is -2.42. The van der Waals surface area contributed by atoms with Crippen molar-refractivity contribution in [2.45, 2.75) is 31.3 Å². The summed E-state index contributed by atoms with van der Waals surface area (Å²) in [5, 5.41) is 3.34. The van der Waals surface area contributed by atoms with Crippen LogP contribution in [0.5, 0.6) is 5.75 Å². The number of nitrogens with one attached hydrogen (secondary N) is 1. The number of para-hydroxylation sites is 1. The van der Waals surface area contributed by atoms with Crippen molar-refractivity contribution in [3.05, 3.63) is 76.8 Å². The Labute approximate surface area is 196 Å². The number of carbonyl (C=O) groups excluding carboxylic acids is 1. The molecule has 2 aromatic heterocycles. The lowest BCUT2D eigenvalue weighted by atomic mass is 10.0. The maximum absolute atomic E-state index is 13.4. The summed E-state index contributed by atoms with van der Waals surface area (Å²) in [6.45, 7) is 3.73. The lowest BCUT2D eigenvalue weighted by molar-refractivity contribution is -0.123. The van der Waals surface area contributed by atoms with E-state index in [-0.39, 0.29) is 16.3 Å². The third-order valence-corrected chi connectivity index (χ3v) is 7.74. The van der Waals surface area contributed by atoms with Gasteiger partial charge in [-0.15, -0.1) is 0 Å². The van der Waals surface area contributed by atoms with Gasteiger partial charge in [-0.2, -0.15) is 0 Å². The molecule has 0 spiro atoms. The molecule has 3 heterocycles. The summed E-state index contributed by atoms with van der Waals surface area (Å²) in [5.74, 6) is 0.274. The highest BCUT2D eigenvalue weighted by Gasteiger charge is 2.30. The molecule has 1 amide bonds. The first-order chi connectivity index (χ1) is 16.2. The molecule has 174 valence electrons. The molecule has 1 N–H and O–H groups in total. The van der Waals surface area contributed by atoms with Crippen molar-refractivity contribution in [3.8, 4) is 16.9 Å². The van der Waals surface area contributed by atoms with Crippen LogP contribution >= 0.6 is 0 Å². The SMILES string of the molecule is CCC1Oc2c(cccc2-c2cn(C)c(=O)c3c2ccn3S(=O)(=O)c2ccc(C)cc2)NC1=O. The van der Waals surface area contributed by atoms with Crippen LogP contribution in [0.3, 0.4) is 0 Å². The normalized spacial score (nSPS) is 15.6. The van der Waals surface area contributed by atoms with E-state index in [4.69, 9.17) is 4.74 Å². The summed E-state index contributed by atoms with van der Waals surface area (Å²) >= 11 is 0. The van der Waals surface area contributed by atoms with Crippen molar-refractivity contribution < 1.29 is 17.9 Å². The number of nitrogens with zero attached hydrogens (tertiary/aromatic N) is 2. The van der Waals surface area contributed by atoms with Gasteiger partial charge in [0.2, 0.25) is 0 Å². The molecule has 34 heavy (non-hydrogen) atoms. The number of ether oxygens (including phenoxy) is 1. The zero-order valence-electron chi connectivity index (χ0n) is 18.9. The van der Waals surface area contributed by atoms with Crippen LogP contribution in [0.4, 0.5) is 5.69 Å². The highest BCUT2D eigenvalue weighted by molar-refractivity contribution is 7.90. The maximum Gasteiger partial charge on any atom is 0.275 e. The monoisotopic (exact) mass is 477 g/mol. The Morgan fingerprint density at radius 1 is 1.03 bits per heavy atom. The molecule has 1 atom stereocenters. The van der Waals surface area contributed by atoms with Gasteiger partial charge in [-0.1, -0.05) is 36.8 Å². The number of amides is 1. The largest absolute Gasteiger partial charge is 0.478 e. The van der Waals surface area contributed by atoms with Crippen molar-refractivity contribution in [2.24, 2.45) is 7.05 Å². The van der Waals surface area contributed by atoms with Gasteiger partial charge in [0.05, 0.1) is 10.6 Å². The van der Waals surface area contributed by atoms with E-state index < -0.39 is 21.7 Å². The van der Waals surface area contributed by atoms with Crippen LogP contribution in [-0.4, -0.2) is 29.0 Å². The second-order valence-electron chi connectivity index (χ2n) is 8.34. The van der Waals surface area contributed by atoms with E-state index in [9.17, 15) is 18.0 Å². The number of hydrogen-bond donors (Lipinski definition) is 1. The molecular formula is C25H23N3O5S. The predicted molar refractivity (Wildman–Crippen MR) is 130 cm³/mol. The molecule has 0 aliphatic carbocycles. The Balaban J connectivity index is 1.76. The van der Waals surface area contributed by atoms with Crippen LogP contribution in [0.15, 0.2) is 70.6 Å². The summed E-state index contributed by atoms with van der Waals surface area (Å²) in [6.07, 6.45) is 2.91. The fraction of sp³-hybridized carbons (Fsp3) is 0.200. The summed E-state index contributed by atoms with van der Waals surface area (Å²) < 4.78 is 35.3. The lowest BCUT2D eigenvalue weighted by Crippen LogP contribution is -2.36. The molecule has 1 unspecified atom stereocenters. The van der Waals surface area contributed by atoms with E-state index in [0.29, 0.717) is 34.4 Å². The second-order valence-corrected chi connectivity index (χ2v) is 10.2. The van der Waals surface area contributed by atoms with Gasteiger partial charge >= 0.3 is 0 Å². The maximum atomic E-state index is 13.4. The first-order valence-electron chi connectivity index (χ1n) is 10.9. The van der Waals surface area contributed by atoms with Crippen LogP contribution in [0.25, 0.3) is 22.0 Å². The van der Waals surface area contributed by atoms with E-state index in [1.165, 1.54) is 22.9 Å². The average molecular weight is 478 g/mol. The highest BCUT2D eigenvalue weighted by Crippen LogP contribution is 2.42. The third kappa shape index (κ3) is 3.31. The Bertz CT molecular complexity index is 1620. The van der Waals surface area contributed by atoms with E-state index in [2.05, 4.69) is 5.32 Å². The molecule has 0 saturated carbocycles. The van der Waals surface area contributed by atoms with Gasteiger partial charge in [0.1, 0.15) is 5.52 Å². The Morgan fingerprint density at radius 3 is 2.47 bits per heavy atom. The van der Waals surface area contributed by atoms with E-state index in [1.807, 2.05) is 19.9 Å². The van der Waals surface area contributed by atoms with Gasteiger partial charge in [0, 0.05) is 36.0 Å². The van der Waals surface area contributed by atoms with E-state index in [0.717, 1.165) is 9.54 Å². The molecule has 1 aliphatic heterocycles. The molecule has 8 nitrogen and oxygen atoms in total. The number of fused-ring (bicyclic) bond motifs is 2. The van der Waals surface area contributed by atoms with Crippen LogP contribution < -0.4 is 15.6 Å². The smallest absolute Gasteiger partial charge is 0.275 e.